The van der Waals surface area contributed by atoms with Gasteiger partial charge >= 0.3 is 0 Å². The molecule has 1 heterocycles. The predicted octanol–water partition coefficient (Wildman–Crippen LogP) is 3.61. The van der Waals surface area contributed by atoms with Crippen LogP contribution in [0.1, 0.15) is 18.4 Å². The Bertz CT molecular complexity index is 924. The molecule has 0 spiro atoms. The molecular weight excluding hydrogens is 349 g/mol. The van der Waals surface area contributed by atoms with Gasteiger partial charge in [-0.1, -0.05) is 28.9 Å². The van der Waals surface area contributed by atoms with Crippen LogP contribution in [0.4, 0.5) is 4.39 Å². The summed E-state index contributed by atoms with van der Waals surface area (Å²) in [5.74, 6) is 0.612. The van der Waals surface area contributed by atoms with Gasteiger partial charge in [-0.15, -0.1) is 0 Å². The van der Waals surface area contributed by atoms with Gasteiger partial charge in [-0.05, 0) is 44.2 Å². The fraction of sp³-hybridized carbons (Fsp3) is 0.250. The van der Waals surface area contributed by atoms with Gasteiger partial charge in [0.05, 0.1) is 6.54 Å². The monoisotopic (exact) mass is 369 g/mol. The molecule has 1 aromatic heterocycles. The van der Waals surface area contributed by atoms with E-state index in [0.29, 0.717) is 17.5 Å². The highest BCUT2D eigenvalue weighted by Gasteiger charge is 2.21. The lowest BCUT2D eigenvalue weighted by atomic mass is 10.1. The fourth-order valence-corrected chi connectivity index (χ4v) is 2.58. The summed E-state index contributed by atoms with van der Waals surface area (Å²) in [6.07, 6.45) is -0.736. The van der Waals surface area contributed by atoms with E-state index in [4.69, 9.17) is 9.26 Å². The summed E-state index contributed by atoms with van der Waals surface area (Å²) in [6, 6.07) is 13.3. The summed E-state index contributed by atoms with van der Waals surface area (Å²) in [6.45, 7) is 3.78. The third-order valence-electron chi connectivity index (χ3n) is 3.97. The maximum atomic E-state index is 12.9. The van der Waals surface area contributed by atoms with E-state index in [-0.39, 0.29) is 18.3 Å². The van der Waals surface area contributed by atoms with Crippen LogP contribution < -0.4 is 4.74 Å². The number of aryl methyl sites for hydroxylation is 1. The zero-order valence-electron chi connectivity index (χ0n) is 15.3. The number of benzene rings is 2. The Balaban J connectivity index is 1.61. The van der Waals surface area contributed by atoms with Crippen molar-refractivity contribution in [3.63, 3.8) is 0 Å². The third kappa shape index (κ3) is 4.69. The van der Waals surface area contributed by atoms with Crippen LogP contribution in [0.15, 0.2) is 53.1 Å². The summed E-state index contributed by atoms with van der Waals surface area (Å²) in [4.78, 5) is 18.3. The van der Waals surface area contributed by atoms with Crippen molar-refractivity contribution < 1.29 is 18.4 Å². The van der Waals surface area contributed by atoms with Crippen LogP contribution in [0.5, 0.6) is 5.75 Å². The number of rotatable bonds is 6. The number of aromatic nitrogens is 2. The Labute approximate surface area is 156 Å². The summed E-state index contributed by atoms with van der Waals surface area (Å²) in [5, 5.41) is 3.97. The van der Waals surface area contributed by atoms with Crippen molar-refractivity contribution in [1.29, 1.82) is 0 Å². The van der Waals surface area contributed by atoms with E-state index >= 15 is 0 Å². The van der Waals surface area contributed by atoms with Crippen LogP contribution in [0.3, 0.4) is 0 Å². The van der Waals surface area contributed by atoms with Gasteiger partial charge in [-0.2, -0.15) is 4.98 Å². The first-order valence-electron chi connectivity index (χ1n) is 8.49. The van der Waals surface area contributed by atoms with Gasteiger partial charge in [0.25, 0.3) is 5.91 Å². The Morgan fingerprint density at radius 3 is 2.70 bits per heavy atom. The average Bonchev–Trinajstić information content (AvgIpc) is 3.11. The molecule has 0 saturated heterocycles. The molecular formula is C20H20FN3O3. The number of likely N-dealkylation sites (N-methyl/N-ethyl adjacent to an activating group) is 1. The minimum atomic E-state index is -0.736. The largest absolute Gasteiger partial charge is 0.481 e. The molecule has 2 aromatic carbocycles. The molecule has 6 nitrogen and oxygen atoms in total. The van der Waals surface area contributed by atoms with Gasteiger partial charge in [0.2, 0.25) is 11.7 Å². The Hall–Kier alpha value is -3.22. The number of carbonyl (C=O) groups is 1. The van der Waals surface area contributed by atoms with E-state index in [2.05, 4.69) is 10.1 Å². The molecule has 7 heteroatoms. The second-order valence-electron chi connectivity index (χ2n) is 6.29. The lowest BCUT2D eigenvalue weighted by Gasteiger charge is -2.20. The summed E-state index contributed by atoms with van der Waals surface area (Å²) in [5.41, 5.74) is 1.95. The molecule has 0 radical (unpaired) electrons. The molecule has 0 bridgehead atoms. The number of ether oxygens (including phenoxy) is 1. The van der Waals surface area contributed by atoms with E-state index < -0.39 is 6.10 Å². The standard InChI is InChI=1S/C20H20FN3O3/c1-13-5-4-6-15(11-13)19-22-18(27-23-19)12-24(3)20(25)14(2)26-17-9-7-16(21)8-10-17/h4-11,14H,12H2,1-3H3/t14-/m1/s1. The van der Waals surface area contributed by atoms with Gasteiger partial charge in [-0.25, -0.2) is 4.39 Å². The maximum Gasteiger partial charge on any atom is 0.263 e. The molecule has 0 fully saturated rings. The average molecular weight is 369 g/mol. The lowest BCUT2D eigenvalue weighted by Crippen LogP contribution is -2.37. The molecule has 3 aromatic rings. The highest BCUT2D eigenvalue weighted by molar-refractivity contribution is 5.80. The van der Waals surface area contributed by atoms with Crippen LogP contribution in [0.2, 0.25) is 0 Å². The van der Waals surface area contributed by atoms with Crippen LogP contribution >= 0.6 is 0 Å². The molecule has 1 amide bonds. The van der Waals surface area contributed by atoms with E-state index in [1.54, 1.807) is 14.0 Å². The maximum absolute atomic E-state index is 12.9. The second kappa shape index (κ2) is 7.99. The molecule has 0 aliphatic carbocycles. The first kappa shape index (κ1) is 18.6. The molecule has 0 aliphatic rings. The van der Waals surface area contributed by atoms with Crippen molar-refractivity contribution in [2.75, 3.05) is 7.05 Å². The van der Waals surface area contributed by atoms with Gasteiger partial charge in [0, 0.05) is 12.6 Å². The molecule has 3 rings (SSSR count). The van der Waals surface area contributed by atoms with E-state index in [0.717, 1.165) is 11.1 Å². The Morgan fingerprint density at radius 1 is 1.26 bits per heavy atom. The quantitative estimate of drug-likeness (QED) is 0.664. The molecule has 0 unspecified atom stereocenters. The van der Waals surface area contributed by atoms with Gasteiger partial charge in [-0.3, -0.25) is 4.79 Å². The third-order valence-corrected chi connectivity index (χ3v) is 3.97. The van der Waals surface area contributed by atoms with Gasteiger partial charge < -0.3 is 14.2 Å². The minimum Gasteiger partial charge on any atom is -0.481 e. The second-order valence-corrected chi connectivity index (χ2v) is 6.29. The molecule has 1 atom stereocenters. The van der Waals surface area contributed by atoms with Crippen LogP contribution in [-0.2, 0) is 11.3 Å². The summed E-state index contributed by atoms with van der Waals surface area (Å²) in [7, 11) is 1.63. The van der Waals surface area contributed by atoms with Crippen molar-refractivity contribution in [3.8, 4) is 17.1 Å². The Kier molecular flexibility index (Phi) is 5.49. The highest BCUT2D eigenvalue weighted by Crippen LogP contribution is 2.18. The van der Waals surface area contributed by atoms with E-state index in [1.807, 2.05) is 31.2 Å². The molecule has 0 N–H and O–H groups in total. The number of hydrogen-bond donors (Lipinski definition) is 0. The number of nitrogens with zero attached hydrogens (tertiary/aromatic N) is 3. The van der Waals surface area contributed by atoms with Crippen molar-refractivity contribution in [1.82, 2.24) is 15.0 Å². The smallest absolute Gasteiger partial charge is 0.263 e. The van der Waals surface area contributed by atoms with Crippen molar-refractivity contribution in [2.45, 2.75) is 26.5 Å². The zero-order chi connectivity index (χ0) is 19.4. The molecule has 0 saturated carbocycles. The highest BCUT2D eigenvalue weighted by atomic mass is 19.1. The fourth-order valence-electron chi connectivity index (χ4n) is 2.58. The van der Waals surface area contributed by atoms with Crippen molar-refractivity contribution in [2.24, 2.45) is 0 Å². The number of halogens is 1. The molecule has 27 heavy (non-hydrogen) atoms. The minimum absolute atomic E-state index is 0.161. The van der Waals surface area contributed by atoms with E-state index in [1.165, 1.54) is 29.2 Å². The SMILES string of the molecule is Cc1cccc(-c2noc(CN(C)C(=O)[C@@H](C)Oc3ccc(F)cc3)n2)c1. The van der Waals surface area contributed by atoms with Crippen LogP contribution in [0.25, 0.3) is 11.4 Å². The number of amides is 1. The lowest BCUT2D eigenvalue weighted by molar-refractivity contribution is -0.137. The Morgan fingerprint density at radius 2 is 2.00 bits per heavy atom. The van der Waals surface area contributed by atoms with Crippen molar-refractivity contribution >= 4 is 5.91 Å². The van der Waals surface area contributed by atoms with Gasteiger partial charge in [0.15, 0.2) is 6.10 Å². The summed E-state index contributed by atoms with van der Waals surface area (Å²) < 4.78 is 23.8. The van der Waals surface area contributed by atoms with Crippen LogP contribution in [-0.4, -0.2) is 34.1 Å². The van der Waals surface area contributed by atoms with Crippen LogP contribution in [0, 0.1) is 12.7 Å². The normalized spacial score (nSPS) is 11.9. The first-order valence-corrected chi connectivity index (χ1v) is 8.49. The van der Waals surface area contributed by atoms with E-state index in [9.17, 15) is 9.18 Å². The topological polar surface area (TPSA) is 68.5 Å². The molecule has 140 valence electrons. The van der Waals surface area contributed by atoms with Gasteiger partial charge in [0.1, 0.15) is 11.6 Å². The molecule has 0 aliphatic heterocycles. The number of hydrogen-bond acceptors (Lipinski definition) is 5. The summed E-state index contributed by atoms with van der Waals surface area (Å²) >= 11 is 0. The zero-order valence-corrected chi connectivity index (χ0v) is 15.3. The first-order chi connectivity index (χ1) is 12.9. The number of carbonyl (C=O) groups excluding carboxylic acids is 1. The van der Waals surface area contributed by atoms with Crippen molar-refractivity contribution in [3.05, 3.63) is 65.8 Å². The predicted molar refractivity (Wildman–Crippen MR) is 97.4 cm³/mol.